The molecule has 0 bridgehead atoms. The van der Waals surface area contributed by atoms with Gasteiger partial charge in [0.25, 0.3) is 5.91 Å². The van der Waals surface area contributed by atoms with Crippen molar-refractivity contribution in [1.82, 2.24) is 34.9 Å². The van der Waals surface area contributed by atoms with Crippen molar-refractivity contribution in [3.05, 3.63) is 78.7 Å². The first-order valence-corrected chi connectivity index (χ1v) is 11.8. The number of nitrogens with zero attached hydrogens (tertiary/aromatic N) is 6. The van der Waals surface area contributed by atoms with E-state index in [1.807, 2.05) is 28.9 Å². The molecule has 188 valence electrons. The van der Waals surface area contributed by atoms with Gasteiger partial charge >= 0.3 is 0 Å². The smallest absolute Gasteiger partial charge is 0.256 e. The number of hydrogen-bond donors (Lipinski definition) is 2. The Morgan fingerprint density at radius 3 is 2.78 bits per heavy atom. The SMILES string of the molecule is C=CC(=O)N1CCCC(n2nc(-c3ccc(CNC(=O)c4cnccc4F)cc3)c3c(N)ncnc32)C1. The highest BCUT2D eigenvalue weighted by Crippen LogP contribution is 2.33. The minimum atomic E-state index is -0.625. The van der Waals surface area contributed by atoms with Crippen molar-refractivity contribution in [1.29, 1.82) is 0 Å². The predicted molar refractivity (Wildman–Crippen MR) is 136 cm³/mol. The van der Waals surface area contributed by atoms with E-state index < -0.39 is 11.7 Å². The van der Waals surface area contributed by atoms with E-state index in [-0.39, 0.29) is 24.1 Å². The average molecular weight is 501 g/mol. The zero-order chi connectivity index (χ0) is 25.9. The maximum Gasteiger partial charge on any atom is 0.256 e. The van der Waals surface area contributed by atoms with Gasteiger partial charge in [0.05, 0.1) is 17.0 Å². The Labute approximate surface area is 212 Å². The van der Waals surface area contributed by atoms with Crippen LogP contribution in [0.1, 0.15) is 34.8 Å². The molecule has 0 aliphatic carbocycles. The summed E-state index contributed by atoms with van der Waals surface area (Å²) < 4.78 is 15.7. The van der Waals surface area contributed by atoms with Crippen molar-refractivity contribution in [3.8, 4) is 11.3 Å². The molecule has 1 aliphatic heterocycles. The Balaban J connectivity index is 1.40. The lowest BCUT2D eigenvalue weighted by atomic mass is 10.1. The minimum absolute atomic E-state index is 0.0643. The number of pyridine rings is 1. The lowest BCUT2D eigenvalue weighted by Gasteiger charge is -2.32. The van der Waals surface area contributed by atoms with Crippen molar-refractivity contribution < 1.29 is 14.0 Å². The fourth-order valence-electron chi connectivity index (χ4n) is 4.54. The summed E-state index contributed by atoms with van der Waals surface area (Å²) in [6.07, 6.45) is 6.90. The molecule has 37 heavy (non-hydrogen) atoms. The third-order valence-electron chi connectivity index (χ3n) is 6.44. The number of nitrogens with two attached hydrogens (primary N) is 1. The van der Waals surface area contributed by atoms with Gasteiger partial charge in [-0.1, -0.05) is 30.8 Å². The van der Waals surface area contributed by atoms with Gasteiger partial charge in [0.2, 0.25) is 5.91 Å². The van der Waals surface area contributed by atoms with Crippen LogP contribution in [0, 0.1) is 5.82 Å². The molecule has 0 spiro atoms. The molecule has 1 aliphatic rings. The molecular formula is C26H25FN8O2. The highest BCUT2D eigenvalue weighted by molar-refractivity contribution is 5.98. The number of fused-ring (bicyclic) bond motifs is 1. The average Bonchev–Trinajstić information content (AvgIpc) is 3.33. The standard InChI is InChI=1S/C26H25FN8O2/c1-2-21(36)34-11-3-4-18(14-34)35-25-22(24(28)31-15-32-25)23(33-35)17-7-5-16(6-8-17)12-30-26(37)19-13-29-10-9-20(19)27/h2,5-10,13,15,18H,1,3-4,11-12,14H2,(H,30,37)(H2,28,31,32). The summed E-state index contributed by atoms with van der Waals surface area (Å²) in [5.74, 6) is -0.957. The summed E-state index contributed by atoms with van der Waals surface area (Å²) in [4.78, 5) is 38.7. The number of piperidine rings is 1. The number of nitrogen functional groups attached to an aromatic ring is 1. The second-order valence-corrected chi connectivity index (χ2v) is 8.77. The van der Waals surface area contributed by atoms with Gasteiger partial charge in [-0.2, -0.15) is 5.10 Å². The maximum absolute atomic E-state index is 13.8. The van der Waals surface area contributed by atoms with E-state index in [0.29, 0.717) is 35.6 Å². The van der Waals surface area contributed by atoms with Crippen LogP contribution in [0.25, 0.3) is 22.3 Å². The van der Waals surface area contributed by atoms with Crippen LogP contribution in [0.2, 0.25) is 0 Å². The van der Waals surface area contributed by atoms with Crippen molar-refractivity contribution in [2.45, 2.75) is 25.4 Å². The second-order valence-electron chi connectivity index (χ2n) is 8.77. The quantitative estimate of drug-likeness (QED) is 0.389. The number of carbonyl (C=O) groups is 2. The van der Waals surface area contributed by atoms with Crippen LogP contribution < -0.4 is 11.1 Å². The topological polar surface area (TPSA) is 132 Å². The number of aromatic nitrogens is 5. The number of anilines is 1. The number of benzene rings is 1. The van der Waals surface area contributed by atoms with E-state index in [2.05, 4.69) is 26.8 Å². The molecule has 4 aromatic rings. The number of hydrogen-bond acceptors (Lipinski definition) is 7. The minimum Gasteiger partial charge on any atom is -0.383 e. The van der Waals surface area contributed by atoms with Crippen molar-refractivity contribution in [2.75, 3.05) is 18.8 Å². The van der Waals surface area contributed by atoms with E-state index in [9.17, 15) is 14.0 Å². The molecule has 3 N–H and O–H groups in total. The van der Waals surface area contributed by atoms with Gasteiger partial charge < -0.3 is 16.0 Å². The maximum atomic E-state index is 13.8. The first kappa shape index (κ1) is 24.0. The van der Waals surface area contributed by atoms with Gasteiger partial charge in [-0.05, 0) is 30.5 Å². The van der Waals surface area contributed by atoms with E-state index >= 15 is 0 Å². The van der Waals surface area contributed by atoms with Crippen LogP contribution in [0.15, 0.2) is 61.7 Å². The Kier molecular flexibility index (Phi) is 6.59. The molecule has 5 rings (SSSR count). The number of likely N-dealkylation sites (tertiary alicyclic amines) is 1. The van der Waals surface area contributed by atoms with E-state index in [1.54, 1.807) is 4.90 Å². The van der Waals surface area contributed by atoms with Gasteiger partial charge in [0.1, 0.15) is 23.7 Å². The van der Waals surface area contributed by atoms with Gasteiger partial charge in [0, 0.05) is 37.6 Å². The van der Waals surface area contributed by atoms with Gasteiger partial charge in [-0.3, -0.25) is 14.6 Å². The molecule has 1 aromatic carbocycles. The first-order valence-electron chi connectivity index (χ1n) is 11.8. The van der Waals surface area contributed by atoms with E-state index in [4.69, 9.17) is 10.8 Å². The van der Waals surface area contributed by atoms with Gasteiger partial charge in [-0.25, -0.2) is 19.0 Å². The Morgan fingerprint density at radius 2 is 2.03 bits per heavy atom. The molecule has 0 saturated carbocycles. The normalized spacial score (nSPS) is 15.5. The molecule has 1 atom stereocenters. The predicted octanol–water partition coefficient (Wildman–Crippen LogP) is 2.89. The zero-order valence-corrected chi connectivity index (χ0v) is 20.0. The Hall–Kier alpha value is -4.67. The summed E-state index contributed by atoms with van der Waals surface area (Å²) in [6.45, 7) is 4.98. The summed E-state index contributed by atoms with van der Waals surface area (Å²) in [7, 11) is 0. The lowest BCUT2D eigenvalue weighted by Crippen LogP contribution is -2.40. The largest absolute Gasteiger partial charge is 0.383 e. The molecule has 1 saturated heterocycles. The van der Waals surface area contributed by atoms with Crippen molar-refractivity contribution >= 4 is 28.7 Å². The molecule has 4 heterocycles. The first-order chi connectivity index (χ1) is 18.0. The fourth-order valence-corrected chi connectivity index (χ4v) is 4.54. The van der Waals surface area contributed by atoms with E-state index in [1.165, 1.54) is 24.8 Å². The Morgan fingerprint density at radius 1 is 1.22 bits per heavy atom. The summed E-state index contributed by atoms with van der Waals surface area (Å²) in [5.41, 5.74) is 9.00. The molecule has 11 heteroatoms. The molecular weight excluding hydrogens is 475 g/mol. The second kappa shape index (κ2) is 10.1. The summed E-state index contributed by atoms with van der Waals surface area (Å²) in [5, 5.41) is 8.21. The van der Waals surface area contributed by atoms with Gasteiger partial charge in [0.15, 0.2) is 5.65 Å². The molecule has 1 fully saturated rings. The summed E-state index contributed by atoms with van der Waals surface area (Å²) in [6, 6.07) is 8.53. The lowest BCUT2D eigenvalue weighted by molar-refractivity contribution is -0.127. The Bertz CT molecular complexity index is 1480. The molecule has 1 unspecified atom stereocenters. The van der Waals surface area contributed by atoms with E-state index in [0.717, 1.165) is 30.0 Å². The molecule has 3 aromatic heterocycles. The number of halogens is 1. The third kappa shape index (κ3) is 4.75. The molecule has 0 radical (unpaired) electrons. The molecule has 2 amide bonds. The van der Waals surface area contributed by atoms with Crippen LogP contribution in [-0.4, -0.2) is 54.5 Å². The number of amides is 2. The van der Waals surface area contributed by atoms with Crippen LogP contribution in [0.3, 0.4) is 0 Å². The third-order valence-corrected chi connectivity index (χ3v) is 6.44. The van der Waals surface area contributed by atoms with Crippen LogP contribution in [0.4, 0.5) is 10.2 Å². The van der Waals surface area contributed by atoms with Crippen LogP contribution in [0.5, 0.6) is 0 Å². The number of rotatable bonds is 6. The highest BCUT2D eigenvalue weighted by Gasteiger charge is 2.28. The van der Waals surface area contributed by atoms with Crippen molar-refractivity contribution in [2.24, 2.45) is 0 Å². The van der Waals surface area contributed by atoms with Crippen molar-refractivity contribution in [3.63, 3.8) is 0 Å². The fraction of sp³-hybridized carbons (Fsp3) is 0.231. The summed E-state index contributed by atoms with van der Waals surface area (Å²) >= 11 is 0. The highest BCUT2D eigenvalue weighted by atomic mass is 19.1. The monoisotopic (exact) mass is 500 g/mol. The molecule has 10 nitrogen and oxygen atoms in total. The zero-order valence-electron chi connectivity index (χ0n) is 20.0. The van der Waals surface area contributed by atoms with Crippen LogP contribution in [-0.2, 0) is 11.3 Å². The number of carbonyl (C=O) groups excluding carboxylic acids is 2. The van der Waals surface area contributed by atoms with Crippen LogP contribution >= 0.6 is 0 Å². The van der Waals surface area contributed by atoms with Gasteiger partial charge in [-0.15, -0.1) is 0 Å². The number of nitrogens with one attached hydrogen (secondary N) is 1.